The Bertz CT molecular complexity index is 1510. The number of imidazole rings is 1. The first-order valence-corrected chi connectivity index (χ1v) is 11.5. The van der Waals surface area contributed by atoms with Crippen LogP contribution in [0.25, 0.3) is 34.0 Å². The summed E-state index contributed by atoms with van der Waals surface area (Å²) in [6, 6.07) is 10.9. The van der Waals surface area contributed by atoms with Crippen LogP contribution in [-0.2, 0) is 6.18 Å². The van der Waals surface area contributed by atoms with E-state index >= 15 is 0 Å². The molecule has 0 saturated carbocycles. The Morgan fingerprint density at radius 3 is 2.54 bits per heavy atom. The van der Waals surface area contributed by atoms with Crippen molar-refractivity contribution in [3.8, 4) is 39.8 Å². The average Bonchev–Trinajstić information content (AvgIpc) is 3.54. The van der Waals surface area contributed by atoms with Gasteiger partial charge in [0.15, 0.2) is 11.6 Å². The molecular formula is C26H21F4N5O2. The Morgan fingerprint density at radius 1 is 1.00 bits per heavy atom. The van der Waals surface area contributed by atoms with Crippen LogP contribution in [0.15, 0.2) is 65.4 Å². The summed E-state index contributed by atoms with van der Waals surface area (Å²) < 4.78 is 67.9. The van der Waals surface area contributed by atoms with E-state index < -0.39 is 23.6 Å². The fraction of sp³-hybridized carbons (Fsp3) is 0.231. The van der Waals surface area contributed by atoms with Crippen LogP contribution in [-0.4, -0.2) is 31.5 Å². The third kappa shape index (κ3) is 4.89. The number of hydrogen-bond acceptors (Lipinski definition) is 6. The molecule has 3 heterocycles. The van der Waals surface area contributed by atoms with Crippen molar-refractivity contribution in [3.63, 3.8) is 0 Å². The summed E-state index contributed by atoms with van der Waals surface area (Å²) in [4.78, 5) is 8.75. The molecule has 2 aromatic carbocycles. The van der Waals surface area contributed by atoms with Crippen molar-refractivity contribution in [1.29, 1.82) is 0 Å². The minimum atomic E-state index is -4.61. The molecule has 0 spiro atoms. The van der Waals surface area contributed by atoms with Gasteiger partial charge in [0.2, 0.25) is 0 Å². The molecule has 1 aromatic heterocycles. The number of aromatic nitrogens is 5. The van der Waals surface area contributed by atoms with Crippen molar-refractivity contribution < 1.29 is 26.8 Å². The largest absolute Gasteiger partial charge is 0.494 e. The first-order valence-electron chi connectivity index (χ1n) is 11.5. The average molecular weight is 511 g/mol. The SMILES string of the molecule is CCCOc1ccc(-c2cc(C(C)n3cc4nc(-c5ccccc5F)nc-4cn3)on2)c(C(F)(F)F)c1. The molecule has 190 valence electrons. The molecule has 3 aromatic rings. The lowest BCUT2D eigenvalue weighted by Crippen LogP contribution is -2.10. The Kier molecular flexibility index (Phi) is 6.36. The lowest BCUT2D eigenvalue weighted by Gasteiger charge is -2.13. The number of alkyl halides is 3. The highest BCUT2D eigenvalue weighted by atomic mass is 19.4. The van der Waals surface area contributed by atoms with Crippen LogP contribution in [0.1, 0.15) is 37.6 Å². The molecule has 0 saturated heterocycles. The van der Waals surface area contributed by atoms with E-state index in [1.165, 1.54) is 35.1 Å². The van der Waals surface area contributed by atoms with E-state index in [2.05, 4.69) is 20.2 Å². The van der Waals surface area contributed by atoms with Crippen LogP contribution in [0, 0.1) is 5.82 Å². The molecule has 0 amide bonds. The van der Waals surface area contributed by atoms with Gasteiger partial charge < -0.3 is 9.26 Å². The third-order valence-electron chi connectivity index (χ3n) is 5.78. The molecule has 2 aliphatic rings. The molecule has 11 heteroatoms. The molecule has 0 N–H and O–H groups in total. The fourth-order valence-electron chi connectivity index (χ4n) is 3.85. The van der Waals surface area contributed by atoms with Crippen LogP contribution in [0.3, 0.4) is 0 Å². The van der Waals surface area contributed by atoms with Gasteiger partial charge in [-0.25, -0.2) is 14.4 Å². The standard InChI is InChI=1S/C26H21F4N5O2/c1-3-10-36-16-8-9-17(19(11-16)26(28,29)30)21-12-24(37-34-21)15(2)35-14-23-22(13-31-35)32-25(33-23)18-6-4-5-7-20(18)27/h4-9,11-15H,3,10H2,1-2H3. The normalized spacial score (nSPS) is 12.7. The number of ether oxygens (including phenoxy) is 1. The molecule has 5 rings (SSSR count). The van der Waals surface area contributed by atoms with E-state index in [4.69, 9.17) is 9.26 Å². The molecule has 0 aliphatic carbocycles. The van der Waals surface area contributed by atoms with E-state index in [1.54, 1.807) is 31.3 Å². The predicted molar refractivity (Wildman–Crippen MR) is 126 cm³/mol. The number of rotatable bonds is 7. The summed E-state index contributed by atoms with van der Waals surface area (Å²) in [6.45, 7) is 3.93. The van der Waals surface area contributed by atoms with E-state index in [0.717, 1.165) is 6.07 Å². The number of hydrogen-bond donors (Lipinski definition) is 0. The first kappa shape index (κ1) is 24.4. The van der Waals surface area contributed by atoms with Gasteiger partial charge in [0, 0.05) is 11.6 Å². The maximum atomic E-state index is 14.2. The molecule has 1 unspecified atom stereocenters. The highest BCUT2D eigenvalue weighted by Gasteiger charge is 2.35. The van der Waals surface area contributed by atoms with Gasteiger partial charge in [0.1, 0.15) is 34.7 Å². The molecule has 0 radical (unpaired) electrons. The van der Waals surface area contributed by atoms with Crippen molar-refractivity contribution in [2.24, 2.45) is 0 Å². The van der Waals surface area contributed by atoms with Crippen molar-refractivity contribution in [3.05, 3.63) is 78.1 Å². The summed E-state index contributed by atoms with van der Waals surface area (Å²) in [7, 11) is 0. The summed E-state index contributed by atoms with van der Waals surface area (Å²) >= 11 is 0. The minimum absolute atomic E-state index is 0.0350. The molecule has 1 atom stereocenters. The lowest BCUT2D eigenvalue weighted by molar-refractivity contribution is -0.137. The Balaban J connectivity index is 1.45. The molecule has 0 fully saturated rings. The van der Waals surface area contributed by atoms with E-state index in [-0.39, 0.29) is 28.4 Å². The van der Waals surface area contributed by atoms with Crippen molar-refractivity contribution in [1.82, 2.24) is 24.9 Å². The quantitative estimate of drug-likeness (QED) is 0.228. The maximum absolute atomic E-state index is 14.2. The number of halogens is 4. The van der Waals surface area contributed by atoms with Gasteiger partial charge in [-0.05, 0) is 43.7 Å². The van der Waals surface area contributed by atoms with Gasteiger partial charge >= 0.3 is 6.18 Å². The van der Waals surface area contributed by atoms with E-state index in [1.807, 2.05) is 6.92 Å². The van der Waals surface area contributed by atoms with E-state index in [0.29, 0.717) is 30.2 Å². The van der Waals surface area contributed by atoms with Crippen molar-refractivity contribution in [2.45, 2.75) is 32.5 Å². The molecule has 0 bridgehead atoms. The summed E-state index contributed by atoms with van der Waals surface area (Å²) in [5.41, 5.74) is 0.261. The summed E-state index contributed by atoms with van der Waals surface area (Å²) in [5.74, 6) is 0.214. The van der Waals surface area contributed by atoms with Crippen LogP contribution >= 0.6 is 0 Å². The van der Waals surface area contributed by atoms with Crippen LogP contribution in [0.2, 0.25) is 0 Å². The zero-order valence-corrected chi connectivity index (χ0v) is 19.8. The van der Waals surface area contributed by atoms with Gasteiger partial charge in [-0.15, -0.1) is 0 Å². The monoisotopic (exact) mass is 511 g/mol. The van der Waals surface area contributed by atoms with Gasteiger partial charge in [0.25, 0.3) is 0 Å². The van der Waals surface area contributed by atoms with E-state index in [9.17, 15) is 17.6 Å². The zero-order valence-electron chi connectivity index (χ0n) is 19.8. The van der Waals surface area contributed by atoms with Crippen LogP contribution in [0.5, 0.6) is 5.75 Å². The molecular weight excluding hydrogens is 490 g/mol. The maximum Gasteiger partial charge on any atom is 0.417 e. The Morgan fingerprint density at radius 2 is 1.78 bits per heavy atom. The second-order valence-electron chi connectivity index (χ2n) is 8.40. The van der Waals surface area contributed by atoms with Gasteiger partial charge in [-0.1, -0.05) is 24.2 Å². The summed E-state index contributed by atoms with van der Waals surface area (Å²) in [5, 5.41) is 8.22. The molecule has 2 aliphatic heterocycles. The number of fused-ring (bicyclic) bond motifs is 1. The topological polar surface area (TPSA) is 78.9 Å². The summed E-state index contributed by atoms with van der Waals surface area (Å²) in [6.07, 6.45) is -0.844. The minimum Gasteiger partial charge on any atom is -0.494 e. The number of nitrogens with zero attached hydrogens (tertiary/aromatic N) is 5. The second-order valence-corrected chi connectivity index (χ2v) is 8.40. The highest BCUT2D eigenvalue weighted by Crippen LogP contribution is 2.39. The molecule has 37 heavy (non-hydrogen) atoms. The predicted octanol–water partition coefficient (Wildman–Crippen LogP) is 6.66. The van der Waals surface area contributed by atoms with Gasteiger partial charge in [-0.3, -0.25) is 4.68 Å². The second kappa shape index (κ2) is 9.64. The molecule has 7 nitrogen and oxygen atoms in total. The lowest BCUT2D eigenvalue weighted by atomic mass is 10.0. The van der Waals surface area contributed by atoms with Crippen molar-refractivity contribution in [2.75, 3.05) is 6.61 Å². The van der Waals surface area contributed by atoms with Gasteiger partial charge in [0.05, 0.1) is 30.1 Å². The number of benzene rings is 2. The Labute approximate surface area is 209 Å². The van der Waals surface area contributed by atoms with Gasteiger partial charge in [-0.2, -0.15) is 18.3 Å². The third-order valence-corrected chi connectivity index (χ3v) is 5.78. The smallest absolute Gasteiger partial charge is 0.417 e. The fourth-order valence-corrected chi connectivity index (χ4v) is 3.85. The van der Waals surface area contributed by atoms with Crippen LogP contribution < -0.4 is 4.74 Å². The first-order chi connectivity index (χ1) is 17.7. The highest BCUT2D eigenvalue weighted by molar-refractivity contribution is 5.67. The zero-order chi connectivity index (χ0) is 26.2. The van der Waals surface area contributed by atoms with Crippen molar-refractivity contribution >= 4 is 0 Å². The Hall–Kier alpha value is -4.28. The van der Waals surface area contributed by atoms with Crippen LogP contribution in [0.4, 0.5) is 17.6 Å².